The van der Waals surface area contributed by atoms with Crippen LogP contribution in [0.25, 0.3) is 17.4 Å². The van der Waals surface area contributed by atoms with Gasteiger partial charge in [0.05, 0.1) is 12.2 Å². The molecule has 0 bridgehead atoms. The van der Waals surface area contributed by atoms with Crippen LogP contribution in [0.4, 0.5) is 13.2 Å². The molecule has 0 spiro atoms. The maximum atomic E-state index is 12.9. The highest BCUT2D eigenvalue weighted by molar-refractivity contribution is 5.97. The van der Waals surface area contributed by atoms with E-state index < -0.39 is 17.7 Å². The first-order valence-corrected chi connectivity index (χ1v) is 9.91. The summed E-state index contributed by atoms with van der Waals surface area (Å²) in [4.78, 5) is 12.1. The van der Waals surface area contributed by atoms with E-state index in [1.165, 1.54) is 36.8 Å². The summed E-state index contributed by atoms with van der Waals surface area (Å²) >= 11 is 0. The SMILES string of the molecule is CCCCCCCCOC(=O)C(C#N)=Cc1ccc(-c2cccc(C(F)(F)F)c2)o1. The van der Waals surface area contributed by atoms with Crippen molar-refractivity contribution in [2.45, 2.75) is 51.6 Å². The van der Waals surface area contributed by atoms with E-state index in [1.807, 2.05) is 0 Å². The quantitative estimate of drug-likeness (QED) is 0.184. The van der Waals surface area contributed by atoms with Gasteiger partial charge in [-0.15, -0.1) is 0 Å². The number of unbranched alkanes of at least 4 members (excludes halogenated alkanes) is 5. The monoisotopic (exact) mass is 419 g/mol. The van der Waals surface area contributed by atoms with Crippen LogP contribution in [0, 0.1) is 11.3 Å². The average Bonchev–Trinajstić information content (AvgIpc) is 3.19. The number of halogens is 3. The van der Waals surface area contributed by atoms with E-state index in [4.69, 9.17) is 9.15 Å². The number of carbonyl (C=O) groups excluding carboxylic acids is 1. The summed E-state index contributed by atoms with van der Waals surface area (Å²) in [7, 11) is 0. The second-order valence-electron chi connectivity index (χ2n) is 6.85. The number of ether oxygens (including phenoxy) is 1. The fourth-order valence-electron chi connectivity index (χ4n) is 2.84. The lowest BCUT2D eigenvalue weighted by atomic mass is 10.1. The molecule has 0 saturated carbocycles. The molecule has 0 radical (unpaired) electrons. The molecule has 0 atom stereocenters. The van der Waals surface area contributed by atoms with Crippen LogP contribution in [-0.4, -0.2) is 12.6 Å². The zero-order valence-corrected chi connectivity index (χ0v) is 16.8. The van der Waals surface area contributed by atoms with Gasteiger partial charge in [-0.3, -0.25) is 0 Å². The second-order valence-corrected chi connectivity index (χ2v) is 6.85. The predicted octanol–water partition coefficient (Wildman–Crippen LogP) is 6.78. The molecule has 2 aromatic rings. The molecule has 2 rings (SSSR count). The molecule has 1 aromatic heterocycles. The Hall–Kier alpha value is -3.01. The van der Waals surface area contributed by atoms with E-state index in [2.05, 4.69) is 6.92 Å². The predicted molar refractivity (Wildman–Crippen MR) is 107 cm³/mol. The van der Waals surface area contributed by atoms with E-state index >= 15 is 0 Å². The molecule has 0 aliphatic carbocycles. The summed E-state index contributed by atoms with van der Waals surface area (Å²) in [6.07, 6.45) is 3.03. The number of esters is 1. The highest BCUT2D eigenvalue weighted by Gasteiger charge is 2.30. The summed E-state index contributed by atoms with van der Waals surface area (Å²) in [6, 6.07) is 9.47. The highest BCUT2D eigenvalue weighted by Crippen LogP contribution is 2.32. The number of nitrogens with zero attached hydrogens (tertiary/aromatic N) is 1. The van der Waals surface area contributed by atoms with Crippen molar-refractivity contribution in [3.05, 3.63) is 53.3 Å². The Bertz CT molecular complexity index is 907. The lowest BCUT2D eigenvalue weighted by Crippen LogP contribution is -2.07. The Morgan fingerprint density at radius 2 is 1.87 bits per heavy atom. The number of hydrogen-bond donors (Lipinski definition) is 0. The molecule has 0 aliphatic heterocycles. The van der Waals surface area contributed by atoms with E-state index in [1.54, 1.807) is 6.07 Å². The van der Waals surface area contributed by atoms with Crippen molar-refractivity contribution >= 4 is 12.0 Å². The van der Waals surface area contributed by atoms with Crippen molar-refractivity contribution in [3.63, 3.8) is 0 Å². The van der Waals surface area contributed by atoms with Gasteiger partial charge in [0.25, 0.3) is 0 Å². The molecule has 1 aromatic carbocycles. The molecule has 0 saturated heterocycles. The van der Waals surface area contributed by atoms with Crippen LogP contribution in [0.3, 0.4) is 0 Å². The number of nitriles is 1. The maximum absolute atomic E-state index is 12.9. The summed E-state index contributed by atoms with van der Waals surface area (Å²) in [5.41, 5.74) is -0.774. The van der Waals surface area contributed by atoms with Crippen LogP contribution in [0.15, 0.2) is 46.4 Å². The number of carbonyl (C=O) groups is 1. The third kappa shape index (κ3) is 7.11. The van der Waals surface area contributed by atoms with Gasteiger partial charge >= 0.3 is 12.1 Å². The van der Waals surface area contributed by atoms with Gasteiger partial charge in [0, 0.05) is 11.6 Å². The van der Waals surface area contributed by atoms with Crippen molar-refractivity contribution in [3.8, 4) is 17.4 Å². The van der Waals surface area contributed by atoms with Gasteiger partial charge in [-0.2, -0.15) is 18.4 Å². The van der Waals surface area contributed by atoms with E-state index in [-0.39, 0.29) is 29.3 Å². The molecule has 160 valence electrons. The Labute approximate surface area is 174 Å². The Morgan fingerprint density at radius 3 is 2.57 bits per heavy atom. The topological polar surface area (TPSA) is 63.2 Å². The van der Waals surface area contributed by atoms with Crippen LogP contribution < -0.4 is 0 Å². The molecule has 0 fully saturated rings. The first-order chi connectivity index (χ1) is 14.3. The molecule has 4 nitrogen and oxygen atoms in total. The number of benzene rings is 1. The van der Waals surface area contributed by atoms with Gasteiger partial charge in [0.2, 0.25) is 0 Å². The summed E-state index contributed by atoms with van der Waals surface area (Å²) in [5, 5.41) is 9.22. The van der Waals surface area contributed by atoms with E-state index in [9.17, 15) is 23.2 Å². The normalized spacial score (nSPS) is 11.9. The Kier molecular flexibility index (Phi) is 8.72. The van der Waals surface area contributed by atoms with Crippen molar-refractivity contribution in [1.82, 2.24) is 0 Å². The second kappa shape index (κ2) is 11.2. The minimum Gasteiger partial charge on any atom is -0.462 e. The molecule has 0 amide bonds. The van der Waals surface area contributed by atoms with Gasteiger partial charge in [0.1, 0.15) is 23.2 Å². The zero-order valence-electron chi connectivity index (χ0n) is 16.8. The van der Waals surface area contributed by atoms with E-state index in [0.717, 1.165) is 44.2 Å². The number of alkyl halides is 3. The first kappa shape index (κ1) is 23.3. The fraction of sp³-hybridized carbons (Fsp3) is 0.391. The highest BCUT2D eigenvalue weighted by atomic mass is 19.4. The Morgan fingerprint density at radius 1 is 1.13 bits per heavy atom. The lowest BCUT2D eigenvalue weighted by Gasteiger charge is -2.07. The minimum absolute atomic E-state index is 0.176. The van der Waals surface area contributed by atoms with Crippen LogP contribution in [0.1, 0.15) is 56.8 Å². The standard InChI is InChI=1S/C23H24F3NO3/c1-2-3-4-5-6-7-13-29-22(28)18(16-27)15-20-11-12-21(30-20)17-9-8-10-19(14-17)23(24,25)26/h8-12,14-15H,2-7,13H2,1H3. The van der Waals surface area contributed by atoms with Crippen molar-refractivity contribution < 1.29 is 27.1 Å². The van der Waals surface area contributed by atoms with Gasteiger partial charge in [-0.1, -0.05) is 51.2 Å². The van der Waals surface area contributed by atoms with Crippen molar-refractivity contribution in [2.75, 3.05) is 6.61 Å². The lowest BCUT2D eigenvalue weighted by molar-refractivity contribution is -0.139. The van der Waals surface area contributed by atoms with Gasteiger partial charge < -0.3 is 9.15 Å². The smallest absolute Gasteiger partial charge is 0.416 e. The average molecular weight is 419 g/mol. The number of hydrogen-bond acceptors (Lipinski definition) is 4. The Balaban J connectivity index is 1.98. The van der Waals surface area contributed by atoms with Crippen LogP contribution in [-0.2, 0) is 15.7 Å². The number of furan rings is 1. The van der Waals surface area contributed by atoms with Crippen LogP contribution in [0.2, 0.25) is 0 Å². The maximum Gasteiger partial charge on any atom is 0.416 e. The molecular weight excluding hydrogens is 395 g/mol. The third-order valence-electron chi connectivity index (χ3n) is 4.46. The van der Waals surface area contributed by atoms with Crippen LogP contribution >= 0.6 is 0 Å². The largest absolute Gasteiger partial charge is 0.462 e. The molecule has 0 N–H and O–H groups in total. The van der Waals surface area contributed by atoms with Gasteiger partial charge in [-0.25, -0.2) is 4.79 Å². The van der Waals surface area contributed by atoms with Gasteiger partial charge in [0.15, 0.2) is 0 Å². The van der Waals surface area contributed by atoms with Crippen molar-refractivity contribution in [1.29, 1.82) is 5.26 Å². The molecular formula is C23H24F3NO3. The molecule has 1 heterocycles. The van der Waals surface area contributed by atoms with Crippen LogP contribution in [0.5, 0.6) is 0 Å². The first-order valence-electron chi connectivity index (χ1n) is 9.91. The van der Waals surface area contributed by atoms with E-state index in [0.29, 0.717) is 0 Å². The minimum atomic E-state index is -4.46. The molecule has 30 heavy (non-hydrogen) atoms. The van der Waals surface area contributed by atoms with Gasteiger partial charge in [-0.05, 0) is 30.7 Å². The fourth-order valence-corrected chi connectivity index (χ4v) is 2.84. The molecule has 7 heteroatoms. The zero-order chi connectivity index (χ0) is 22.0. The molecule has 0 aliphatic rings. The molecule has 0 unspecified atom stereocenters. The number of rotatable bonds is 10. The third-order valence-corrected chi connectivity index (χ3v) is 4.46. The summed E-state index contributed by atoms with van der Waals surface area (Å²) in [6.45, 7) is 2.37. The van der Waals surface area contributed by atoms with Crippen molar-refractivity contribution in [2.24, 2.45) is 0 Å². The summed E-state index contributed by atoms with van der Waals surface area (Å²) < 4.78 is 49.2. The summed E-state index contributed by atoms with van der Waals surface area (Å²) in [5.74, 6) is -0.372.